The van der Waals surface area contributed by atoms with Crippen LogP contribution in [0.25, 0.3) is 53.2 Å². The predicted octanol–water partition coefficient (Wildman–Crippen LogP) is 16.7. The van der Waals surface area contributed by atoms with E-state index in [1.165, 1.54) is 103 Å². The summed E-state index contributed by atoms with van der Waals surface area (Å²) in [6.45, 7) is 19.9. The van der Waals surface area contributed by atoms with Crippen LogP contribution in [0.5, 0.6) is 0 Å². The van der Waals surface area contributed by atoms with Gasteiger partial charge in [0.1, 0.15) is 0 Å². The van der Waals surface area contributed by atoms with Crippen molar-refractivity contribution in [3.05, 3.63) is 214 Å². The number of thiophene rings is 1. The molecular formula is C57H56S. The summed E-state index contributed by atoms with van der Waals surface area (Å²) < 4.78 is 2.79. The summed E-state index contributed by atoms with van der Waals surface area (Å²) in [5.74, 6) is 0. The molecule has 0 saturated carbocycles. The third-order valence-electron chi connectivity index (χ3n) is 11.7. The average Bonchev–Trinajstić information content (AvgIpc) is 3.71. The molecule has 10 rings (SSSR count). The van der Waals surface area contributed by atoms with E-state index in [0.717, 1.165) is 6.42 Å². The van der Waals surface area contributed by atoms with Crippen LogP contribution in [0.15, 0.2) is 164 Å². The summed E-state index contributed by atoms with van der Waals surface area (Å²) in [5, 5.41) is 5.58. The van der Waals surface area contributed by atoms with Crippen LogP contribution in [-0.2, 0) is 11.8 Å². The van der Waals surface area contributed by atoms with E-state index in [-0.39, 0.29) is 5.41 Å². The Hall–Kier alpha value is -5.76. The smallest absolute Gasteiger partial charge is 0.0355 e. The molecule has 0 N–H and O–H groups in total. The van der Waals surface area contributed by atoms with Crippen LogP contribution in [0.4, 0.5) is 0 Å². The third kappa shape index (κ3) is 8.43. The molecule has 0 aliphatic heterocycles. The lowest BCUT2D eigenvalue weighted by atomic mass is 9.81. The second-order valence-electron chi connectivity index (χ2n) is 16.4. The third-order valence-corrected chi connectivity index (χ3v) is 12.8. The minimum absolute atomic E-state index is 0.0888. The molecule has 1 aliphatic carbocycles. The van der Waals surface area contributed by atoms with Gasteiger partial charge in [0.2, 0.25) is 0 Å². The number of fused-ring (bicyclic) bond motifs is 8. The quantitative estimate of drug-likeness (QED) is 0.164. The van der Waals surface area contributed by atoms with Gasteiger partial charge in [-0.3, -0.25) is 0 Å². The van der Waals surface area contributed by atoms with E-state index in [2.05, 4.69) is 208 Å². The highest BCUT2D eigenvalue weighted by Gasteiger charge is 2.36. The van der Waals surface area contributed by atoms with Crippen LogP contribution in [0.1, 0.15) is 70.8 Å². The van der Waals surface area contributed by atoms with E-state index < -0.39 is 0 Å². The Morgan fingerprint density at radius 1 is 0.397 bits per heavy atom. The fraction of sp³-hybridized carbons (Fsp3) is 0.193. The highest BCUT2D eigenvalue weighted by molar-refractivity contribution is 7.25. The van der Waals surface area contributed by atoms with Crippen molar-refractivity contribution in [3.8, 4) is 22.3 Å². The van der Waals surface area contributed by atoms with Gasteiger partial charge in [-0.15, -0.1) is 11.3 Å². The Balaban J connectivity index is 0.000000124. The number of hydrogen-bond donors (Lipinski definition) is 0. The molecule has 8 aromatic carbocycles. The Labute approximate surface area is 350 Å². The zero-order chi connectivity index (χ0) is 41.0. The number of benzene rings is 8. The molecule has 0 atom stereocenters. The van der Waals surface area contributed by atoms with Crippen molar-refractivity contribution in [1.29, 1.82) is 0 Å². The lowest BCUT2D eigenvalue weighted by molar-refractivity contribution is 0.659. The van der Waals surface area contributed by atoms with Gasteiger partial charge in [-0.1, -0.05) is 183 Å². The second kappa shape index (κ2) is 17.4. The maximum Gasteiger partial charge on any atom is 0.0355 e. The van der Waals surface area contributed by atoms with Crippen LogP contribution < -0.4 is 0 Å². The van der Waals surface area contributed by atoms with E-state index >= 15 is 0 Å². The van der Waals surface area contributed by atoms with Crippen molar-refractivity contribution in [2.75, 3.05) is 0 Å². The first-order chi connectivity index (χ1) is 28.0. The van der Waals surface area contributed by atoms with Crippen molar-refractivity contribution in [3.63, 3.8) is 0 Å². The van der Waals surface area contributed by atoms with E-state index in [1.54, 1.807) is 0 Å². The highest BCUT2D eigenvalue weighted by Crippen LogP contribution is 2.52. The molecule has 290 valence electrons. The van der Waals surface area contributed by atoms with Crippen molar-refractivity contribution < 1.29 is 0 Å². The molecule has 1 heteroatoms. The average molecular weight is 773 g/mol. The number of rotatable bonds is 2. The molecule has 0 amide bonds. The molecule has 1 aliphatic rings. The van der Waals surface area contributed by atoms with Crippen LogP contribution in [-0.4, -0.2) is 0 Å². The molecule has 0 unspecified atom stereocenters. The van der Waals surface area contributed by atoms with E-state index in [9.17, 15) is 0 Å². The Kier molecular flexibility index (Phi) is 12.1. The van der Waals surface area contributed by atoms with E-state index in [1.807, 2.05) is 29.5 Å². The van der Waals surface area contributed by atoms with Gasteiger partial charge in [-0.25, -0.2) is 0 Å². The standard InChI is InChI=1S/C21H20.C15H16.C14H12S.C7H8/c1-13-9-10-17-18(11-13)21(3,4)19-12-14(2)15-7-5-6-8-16(15)20(17)19;1-11-8-9-13(3)15(10-11)14-7-5-4-6-12(14)2;1-2-10-7-8-14-12(9-10)11-5-3-4-6-13(11)15-14;1-7-5-3-2-4-6-7/h5-12H,1-4H3;4-10H,1-3H3;3-9H,2H2,1H3;2-6H,1H3. The van der Waals surface area contributed by atoms with Crippen LogP contribution in [0.2, 0.25) is 0 Å². The van der Waals surface area contributed by atoms with Gasteiger partial charge in [0.05, 0.1) is 0 Å². The first kappa shape index (κ1) is 40.4. The van der Waals surface area contributed by atoms with Crippen molar-refractivity contribution in [1.82, 2.24) is 0 Å². The Bertz CT molecular complexity index is 2850. The molecule has 0 bridgehead atoms. The summed E-state index contributed by atoms with van der Waals surface area (Å²) in [6.07, 6.45) is 1.11. The fourth-order valence-electron chi connectivity index (χ4n) is 8.31. The molecular weight excluding hydrogens is 717 g/mol. The summed E-state index contributed by atoms with van der Waals surface area (Å²) in [4.78, 5) is 0. The molecule has 0 fully saturated rings. The number of aryl methyl sites for hydroxylation is 7. The van der Waals surface area contributed by atoms with Gasteiger partial charge in [0, 0.05) is 25.6 Å². The number of hydrogen-bond acceptors (Lipinski definition) is 1. The lowest BCUT2D eigenvalue weighted by Gasteiger charge is -2.22. The largest absolute Gasteiger partial charge is 0.135 e. The zero-order valence-corrected chi connectivity index (χ0v) is 36.5. The molecule has 1 heterocycles. The van der Waals surface area contributed by atoms with Crippen LogP contribution in [0.3, 0.4) is 0 Å². The predicted molar refractivity (Wildman–Crippen MR) is 257 cm³/mol. The monoisotopic (exact) mass is 772 g/mol. The second-order valence-corrected chi connectivity index (χ2v) is 17.5. The molecule has 9 aromatic rings. The lowest BCUT2D eigenvalue weighted by Crippen LogP contribution is -2.15. The summed E-state index contributed by atoms with van der Waals surface area (Å²) >= 11 is 1.88. The van der Waals surface area contributed by atoms with Gasteiger partial charge in [-0.2, -0.15) is 0 Å². The minimum Gasteiger partial charge on any atom is -0.135 e. The normalized spacial score (nSPS) is 12.1. The van der Waals surface area contributed by atoms with E-state index in [0.29, 0.717) is 0 Å². The van der Waals surface area contributed by atoms with Crippen molar-refractivity contribution in [2.45, 2.75) is 74.1 Å². The van der Waals surface area contributed by atoms with Gasteiger partial charge >= 0.3 is 0 Å². The van der Waals surface area contributed by atoms with Crippen molar-refractivity contribution in [2.24, 2.45) is 0 Å². The maximum absolute atomic E-state index is 2.40. The van der Waals surface area contributed by atoms with E-state index in [4.69, 9.17) is 0 Å². The molecule has 0 spiro atoms. The minimum atomic E-state index is 0.0888. The molecule has 0 nitrogen and oxygen atoms in total. The Morgan fingerprint density at radius 3 is 1.71 bits per heavy atom. The SMILES string of the molecule is CCc1ccc2sc3ccccc3c2c1.Cc1ccc(C)c(-c2ccccc2C)c1.Cc1ccc2c(c1)C(C)(C)c1cc(C)c3ccccc3c1-2.Cc1ccccc1. The molecule has 58 heavy (non-hydrogen) atoms. The highest BCUT2D eigenvalue weighted by atomic mass is 32.1. The molecule has 0 radical (unpaired) electrons. The maximum atomic E-state index is 2.40. The fourth-order valence-corrected chi connectivity index (χ4v) is 9.39. The zero-order valence-electron chi connectivity index (χ0n) is 35.7. The van der Waals surface area contributed by atoms with Crippen LogP contribution >= 0.6 is 11.3 Å². The van der Waals surface area contributed by atoms with Gasteiger partial charge in [0.25, 0.3) is 0 Å². The first-order valence-corrected chi connectivity index (χ1v) is 21.5. The molecule has 0 saturated heterocycles. The van der Waals surface area contributed by atoms with Gasteiger partial charge in [-0.05, 0) is 133 Å². The summed E-state index contributed by atoms with van der Waals surface area (Å²) in [7, 11) is 0. The first-order valence-electron chi connectivity index (χ1n) is 20.7. The molecule has 1 aromatic heterocycles. The van der Waals surface area contributed by atoms with Gasteiger partial charge in [0.15, 0.2) is 0 Å². The summed E-state index contributed by atoms with van der Waals surface area (Å²) in [6, 6.07) is 59.0. The van der Waals surface area contributed by atoms with Crippen molar-refractivity contribution >= 4 is 42.3 Å². The van der Waals surface area contributed by atoms with Gasteiger partial charge < -0.3 is 0 Å². The Morgan fingerprint density at radius 2 is 1.00 bits per heavy atom. The van der Waals surface area contributed by atoms with Crippen LogP contribution in [0, 0.1) is 41.5 Å². The topological polar surface area (TPSA) is 0 Å². The summed E-state index contributed by atoms with van der Waals surface area (Å²) in [5.41, 5.74) is 18.0.